The van der Waals surface area contributed by atoms with Gasteiger partial charge in [-0.25, -0.2) is 9.97 Å². The van der Waals surface area contributed by atoms with E-state index in [0.29, 0.717) is 17.0 Å². The average molecular weight is 347 g/mol. The summed E-state index contributed by atoms with van der Waals surface area (Å²) in [4.78, 5) is 13.1. The molecule has 0 spiro atoms. The number of hydrogen-bond acceptors (Lipinski definition) is 4. The lowest BCUT2D eigenvalue weighted by Gasteiger charge is -2.22. The Hall–Kier alpha value is -2.48. The van der Waals surface area contributed by atoms with Gasteiger partial charge < -0.3 is 5.32 Å². The fraction of sp³-hybridized carbons (Fsp3) is 0.353. The number of aromatic nitrogens is 4. The van der Waals surface area contributed by atoms with E-state index in [1.807, 2.05) is 0 Å². The third kappa shape index (κ3) is 3.09. The van der Waals surface area contributed by atoms with E-state index in [1.165, 1.54) is 16.7 Å². The SMILES string of the molecule is FC(F)(F)c1ccc2ncc(-c3cncc([C@@H]4CCCNC4)n3)n2c1. The van der Waals surface area contributed by atoms with Crippen LogP contribution in [0.2, 0.25) is 0 Å². The first-order valence-electron chi connectivity index (χ1n) is 8.10. The van der Waals surface area contributed by atoms with Crippen LogP contribution in [-0.2, 0) is 6.18 Å². The number of hydrogen-bond donors (Lipinski definition) is 1. The molecule has 1 aliphatic heterocycles. The average Bonchev–Trinajstić information content (AvgIpc) is 3.05. The second-order valence-electron chi connectivity index (χ2n) is 6.16. The second-order valence-corrected chi connectivity index (χ2v) is 6.16. The lowest BCUT2D eigenvalue weighted by Crippen LogP contribution is -2.28. The quantitative estimate of drug-likeness (QED) is 0.773. The zero-order chi connectivity index (χ0) is 17.4. The highest BCUT2D eigenvalue weighted by Gasteiger charge is 2.31. The summed E-state index contributed by atoms with van der Waals surface area (Å²) in [5, 5.41) is 3.33. The first-order valence-corrected chi connectivity index (χ1v) is 8.10. The lowest BCUT2D eigenvalue weighted by atomic mass is 9.96. The molecule has 3 aromatic heterocycles. The lowest BCUT2D eigenvalue weighted by molar-refractivity contribution is -0.137. The van der Waals surface area contributed by atoms with Crippen LogP contribution >= 0.6 is 0 Å². The predicted molar refractivity (Wildman–Crippen MR) is 86.1 cm³/mol. The maximum Gasteiger partial charge on any atom is 0.417 e. The Bertz CT molecular complexity index is 897. The van der Waals surface area contributed by atoms with Gasteiger partial charge in [0.15, 0.2) is 0 Å². The van der Waals surface area contributed by atoms with Crippen molar-refractivity contribution in [1.82, 2.24) is 24.7 Å². The van der Waals surface area contributed by atoms with Gasteiger partial charge in [0.1, 0.15) is 11.3 Å². The summed E-state index contributed by atoms with van der Waals surface area (Å²) in [6.45, 7) is 1.83. The van der Waals surface area contributed by atoms with Crippen LogP contribution < -0.4 is 5.32 Å². The maximum atomic E-state index is 13.0. The van der Waals surface area contributed by atoms with Crippen LogP contribution in [0.15, 0.2) is 36.9 Å². The third-order valence-corrected chi connectivity index (χ3v) is 4.46. The minimum atomic E-state index is -4.41. The Morgan fingerprint density at radius 1 is 1.16 bits per heavy atom. The highest BCUT2D eigenvalue weighted by atomic mass is 19.4. The van der Waals surface area contributed by atoms with Crippen LogP contribution in [0, 0.1) is 0 Å². The number of fused-ring (bicyclic) bond motifs is 1. The van der Waals surface area contributed by atoms with E-state index in [9.17, 15) is 13.2 Å². The number of piperidine rings is 1. The zero-order valence-electron chi connectivity index (χ0n) is 13.3. The smallest absolute Gasteiger partial charge is 0.316 e. The number of halogens is 3. The molecule has 0 bridgehead atoms. The van der Waals surface area contributed by atoms with Crippen LogP contribution in [-0.4, -0.2) is 32.4 Å². The van der Waals surface area contributed by atoms with E-state index in [2.05, 4.69) is 20.3 Å². The summed E-state index contributed by atoms with van der Waals surface area (Å²) >= 11 is 0. The van der Waals surface area contributed by atoms with E-state index in [-0.39, 0.29) is 5.92 Å². The molecule has 4 heterocycles. The molecule has 4 rings (SSSR count). The van der Waals surface area contributed by atoms with Crippen LogP contribution in [0.1, 0.15) is 30.0 Å². The standard InChI is InChI=1S/C17H16F3N5/c18-17(19,20)12-3-4-16-23-9-15(25(16)10-12)14-8-22-7-13(24-14)11-2-1-5-21-6-11/h3-4,7-11,21H,1-2,5-6H2/t11-/m1/s1. The molecule has 1 aliphatic rings. The van der Waals surface area contributed by atoms with E-state index < -0.39 is 11.7 Å². The molecular formula is C17H16F3N5. The first-order chi connectivity index (χ1) is 12.0. The van der Waals surface area contributed by atoms with Gasteiger partial charge >= 0.3 is 6.18 Å². The molecule has 0 unspecified atom stereocenters. The Morgan fingerprint density at radius 2 is 2.04 bits per heavy atom. The summed E-state index contributed by atoms with van der Waals surface area (Å²) in [5.74, 6) is 0.270. The molecule has 1 fully saturated rings. The molecule has 8 heteroatoms. The molecule has 0 aromatic carbocycles. The van der Waals surface area contributed by atoms with Gasteiger partial charge in [-0.15, -0.1) is 0 Å². The van der Waals surface area contributed by atoms with Crippen molar-refractivity contribution in [2.24, 2.45) is 0 Å². The zero-order valence-corrected chi connectivity index (χ0v) is 13.3. The molecule has 3 aromatic rings. The minimum Gasteiger partial charge on any atom is -0.316 e. The maximum absolute atomic E-state index is 13.0. The summed E-state index contributed by atoms with van der Waals surface area (Å²) in [5.41, 5.74) is 1.59. The highest BCUT2D eigenvalue weighted by molar-refractivity contribution is 5.59. The number of pyridine rings is 1. The summed E-state index contributed by atoms with van der Waals surface area (Å²) in [6.07, 6.45) is 3.56. The largest absolute Gasteiger partial charge is 0.417 e. The van der Waals surface area contributed by atoms with Gasteiger partial charge in [0.05, 0.1) is 29.3 Å². The third-order valence-electron chi connectivity index (χ3n) is 4.46. The normalized spacial score (nSPS) is 18.6. The van der Waals surface area contributed by atoms with E-state index in [4.69, 9.17) is 0 Å². The van der Waals surface area contributed by atoms with Gasteiger partial charge in [0.25, 0.3) is 0 Å². The van der Waals surface area contributed by atoms with Gasteiger partial charge in [-0.3, -0.25) is 9.38 Å². The molecule has 0 amide bonds. The molecular weight excluding hydrogens is 331 g/mol. The Balaban J connectivity index is 1.76. The summed E-state index contributed by atoms with van der Waals surface area (Å²) in [6, 6.07) is 2.39. The molecule has 1 saturated heterocycles. The molecule has 1 N–H and O–H groups in total. The molecule has 1 atom stereocenters. The van der Waals surface area contributed by atoms with Gasteiger partial charge in [-0.2, -0.15) is 13.2 Å². The molecule has 5 nitrogen and oxygen atoms in total. The van der Waals surface area contributed by atoms with E-state index in [0.717, 1.165) is 43.9 Å². The fourth-order valence-electron chi connectivity index (χ4n) is 3.14. The van der Waals surface area contributed by atoms with Gasteiger partial charge in [0.2, 0.25) is 0 Å². The summed E-state index contributed by atoms with van der Waals surface area (Å²) in [7, 11) is 0. The summed E-state index contributed by atoms with van der Waals surface area (Å²) < 4.78 is 40.4. The number of rotatable bonds is 2. The van der Waals surface area contributed by atoms with Crippen molar-refractivity contribution < 1.29 is 13.2 Å². The van der Waals surface area contributed by atoms with Crippen molar-refractivity contribution in [3.63, 3.8) is 0 Å². The van der Waals surface area contributed by atoms with Crippen LogP contribution in [0.25, 0.3) is 17.0 Å². The van der Waals surface area contributed by atoms with Crippen molar-refractivity contribution >= 4 is 5.65 Å². The Kier molecular flexibility index (Phi) is 3.91. The number of nitrogens with one attached hydrogen (secondary N) is 1. The number of alkyl halides is 3. The topological polar surface area (TPSA) is 55.1 Å². The van der Waals surface area contributed by atoms with E-state index >= 15 is 0 Å². The monoisotopic (exact) mass is 347 g/mol. The Labute approximate surface area is 141 Å². The fourth-order valence-corrected chi connectivity index (χ4v) is 3.14. The van der Waals surface area contributed by atoms with Crippen molar-refractivity contribution in [3.8, 4) is 11.4 Å². The first kappa shape index (κ1) is 16.0. The second kappa shape index (κ2) is 6.11. The molecule has 130 valence electrons. The van der Waals surface area contributed by atoms with Crippen molar-refractivity contribution in [3.05, 3.63) is 48.2 Å². The van der Waals surface area contributed by atoms with Crippen molar-refractivity contribution in [2.45, 2.75) is 24.9 Å². The number of imidazole rings is 1. The van der Waals surface area contributed by atoms with Crippen LogP contribution in [0.4, 0.5) is 13.2 Å². The molecule has 0 saturated carbocycles. The molecule has 25 heavy (non-hydrogen) atoms. The highest BCUT2D eigenvalue weighted by Crippen LogP contribution is 2.31. The van der Waals surface area contributed by atoms with Crippen molar-refractivity contribution in [2.75, 3.05) is 13.1 Å². The van der Waals surface area contributed by atoms with Crippen molar-refractivity contribution in [1.29, 1.82) is 0 Å². The predicted octanol–water partition coefficient (Wildman–Crippen LogP) is 3.28. The van der Waals surface area contributed by atoms with Gasteiger partial charge in [0, 0.05) is 24.9 Å². The minimum absolute atomic E-state index is 0.270. The Morgan fingerprint density at radius 3 is 2.80 bits per heavy atom. The molecule has 0 aliphatic carbocycles. The van der Waals surface area contributed by atoms with Gasteiger partial charge in [-0.05, 0) is 31.5 Å². The van der Waals surface area contributed by atoms with E-state index in [1.54, 1.807) is 12.4 Å². The van der Waals surface area contributed by atoms with Gasteiger partial charge in [-0.1, -0.05) is 0 Å². The molecule has 0 radical (unpaired) electrons. The van der Waals surface area contributed by atoms with Crippen LogP contribution in [0.5, 0.6) is 0 Å². The number of nitrogens with zero attached hydrogens (tertiary/aromatic N) is 4. The van der Waals surface area contributed by atoms with Crippen LogP contribution in [0.3, 0.4) is 0 Å².